The van der Waals surface area contributed by atoms with Crippen LogP contribution < -0.4 is 5.32 Å². The Morgan fingerprint density at radius 2 is 2.20 bits per heavy atom. The molecule has 1 aliphatic heterocycles. The van der Waals surface area contributed by atoms with Crippen LogP contribution in [0, 0.1) is 5.92 Å². The first-order chi connectivity index (χ1) is 7.45. The van der Waals surface area contributed by atoms with Crippen molar-refractivity contribution in [1.82, 2.24) is 15.3 Å². The Bertz CT molecular complexity index is 272. The van der Waals surface area contributed by atoms with Gasteiger partial charge in [0, 0.05) is 12.4 Å². The normalized spacial score (nSPS) is 17.9. The summed E-state index contributed by atoms with van der Waals surface area (Å²) < 4.78 is 0. The summed E-state index contributed by atoms with van der Waals surface area (Å²) in [6.07, 6.45) is 9.29. The molecular formula is C11H17N3S. The molecule has 1 fully saturated rings. The first-order valence-electron chi connectivity index (χ1n) is 5.54. The van der Waals surface area contributed by atoms with E-state index in [4.69, 9.17) is 0 Å². The molecule has 1 saturated heterocycles. The van der Waals surface area contributed by atoms with Gasteiger partial charge in [-0.3, -0.25) is 4.98 Å². The molecule has 0 amide bonds. The van der Waals surface area contributed by atoms with Gasteiger partial charge < -0.3 is 5.32 Å². The third-order valence-electron chi connectivity index (χ3n) is 2.77. The number of thioether (sulfide) groups is 1. The maximum absolute atomic E-state index is 4.25. The molecule has 82 valence electrons. The monoisotopic (exact) mass is 223 g/mol. The molecule has 1 aliphatic rings. The lowest BCUT2D eigenvalue weighted by Crippen LogP contribution is -2.27. The summed E-state index contributed by atoms with van der Waals surface area (Å²) in [5, 5.41) is 4.44. The molecule has 0 spiro atoms. The standard InChI is InChI=1S/C11H17N3S/c1-4-12-5-2-10(1)3-8-15-11-9-13-6-7-14-11/h6-7,9-10,12H,1-5,8H2. The second-order valence-corrected chi connectivity index (χ2v) is 4.99. The minimum absolute atomic E-state index is 0.912. The van der Waals surface area contributed by atoms with Crippen LogP contribution in [0.5, 0.6) is 0 Å². The number of hydrogen-bond acceptors (Lipinski definition) is 4. The van der Waals surface area contributed by atoms with E-state index in [9.17, 15) is 0 Å². The van der Waals surface area contributed by atoms with Crippen molar-refractivity contribution in [3.8, 4) is 0 Å². The van der Waals surface area contributed by atoms with E-state index in [1.165, 1.54) is 38.1 Å². The zero-order chi connectivity index (χ0) is 10.3. The molecule has 15 heavy (non-hydrogen) atoms. The largest absolute Gasteiger partial charge is 0.317 e. The number of rotatable bonds is 4. The smallest absolute Gasteiger partial charge is 0.114 e. The van der Waals surface area contributed by atoms with Crippen molar-refractivity contribution in [2.45, 2.75) is 24.3 Å². The Balaban J connectivity index is 1.66. The fourth-order valence-electron chi connectivity index (χ4n) is 1.86. The van der Waals surface area contributed by atoms with Gasteiger partial charge >= 0.3 is 0 Å². The highest BCUT2D eigenvalue weighted by molar-refractivity contribution is 7.99. The highest BCUT2D eigenvalue weighted by Crippen LogP contribution is 2.21. The van der Waals surface area contributed by atoms with Gasteiger partial charge in [0.05, 0.1) is 6.20 Å². The van der Waals surface area contributed by atoms with Gasteiger partial charge in [-0.05, 0) is 44.0 Å². The van der Waals surface area contributed by atoms with E-state index in [0.29, 0.717) is 0 Å². The van der Waals surface area contributed by atoms with E-state index < -0.39 is 0 Å². The number of piperidine rings is 1. The molecule has 2 heterocycles. The minimum Gasteiger partial charge on any atom is -0.317 e. The van der Waals surface area contributed by atoms with Crippen LogP contribution in [0.4, 0.5) is 0 Å². The van der Waals surface area contributed by atoms with Gasteiger partial charge in [-0.15, -0.1) is 11.8 Å². The van der Waals surface area contributed by atoms with Gasteiger partial charge in [0.1, 0.15) is 5.03 Å². The van der Waals surface area contributed by atoms with E-state index in [1.54, 1.807) is 12.4 Å². The van der Waals surface area contributed by atoms with Crippen LogP contribution in [0.1, 0.15) is 19.3 Å². The predicted molar refractivity (Wildman–Crippen MR) is 63.0 cm³/mol. The molecular weight excluding hydrogens is 206 g/mol. The van der Waals surface area contributed by atoms with Crippen molar-refractivity contribution in [2.75, 3.05) is 18.8 Å². The molecule has 0 radical (unpaired) electrons. The number of hydrogen-bond donors (Lipinski definition) is 1. The van der Waals surface area contributed by atoms with E-state index in [1.807, 2.05) is 18.0 Å². The summed E-state index contributed by atoms with van der Waals surface area (Å²) in [5.41, 5.74) is 0. The molecule has 0 aromatic carbocycles. The fraction of sp³-hybridized carbons (Fsp3) is 0.636. The van der Waals surface area contributed by atoms with Crippen LogP contribution in [-0.4, -0.2) is 28.8 Å². The van der Waals surface area contributed by atoms with Crippen molar-refractivity contribution in [3.63, 3.8) is 0 Å². The molecule has 1 aromatic heterocycles. The van der Waals surface area contributed by atoms with Gasteiger partial charge in [0.15, 0.2) is 0 Å². The maximum atomic E-state index is 4.25. The lowest BCUT2D eigenvalue weighted by molar-refractivity contribution is 0.367. The third kappa shape index (κ3) is 3.80. The molecule has 0 aliphatic carbocycles. The third-order valence-corrected chi connectivity index (χ3v) is 3.72. The van der Waals surface area contributed by atoms with Crippen molar-refractivity contribution < 1.29 is 0 Å². The molecule has 0 saturated carbocycles. The van der Waals surface area contributed by atoms with Crippen molar-refractivity contribution in [1.29, 1.82) is 0 Å². The summed E-state index contributed by atoms with van der Waals surface area (Å²) in [7, 11) is 0. The fourth-order valence-corrected chi connectivity index (χ4v) is 2.79. The van der Waals surface area contributed by atoms with E-state index in [0.717, 1.165) is 10.9 Å². The van der Waals surface area contributed by atoms with Gasteiger partial charge in [-0.25, -0.2) is 4.98 Å². The first kappa shape index (κ1) is 10.9. The van der Waals surface area contributed by atoms with E-state index in [-0.39, 0.29) is 0 Å². The highest BCUT2D eigenvalue weighted by atomic mass is 32.2. The topological polar surface area (TPSA) is 37.8 Å². The summed E-state index contributed by atoms with van der Waals surface area (Å²) in [4.78, 5) is 8.31. The van der Waals surface area contributed by atoms with Crippen LogP contribution >= 0.6 is 11.8 Å². The quantitative estimate of drug-likeness (QED) is 0.792. The maximum Gasteiger partial charge on any atom is 0.114 e. The Kier molecular flexibility index (Phi) is 4.41. The second kappa shape index (κ2) is 6.08. The molecule has 3 nitrogen and oxygen atoms in total. The SMILES string of the molecule is c1cnc(SCCC2CCNCC2)cn1. The zero-order valence-electron chi connectivity index (χ0n) is 8.85. The Morgan fingerprint density at radius 1 is 1.33 bits per heavy atom. The number of aromatic nitrogens is 2. The number of nitrogens with zero attached hydrogens (tertiary/aromatic N) is 2. The Labute approximate surface area is 95.1 Å². The van der Waals surface area contributed by atoms with Crippen molar-refractivity contribution in [3.05, 3.63) is 18.6 Å². The second-order valence-electron chi connectivity index (χ2n) is 3.87. The highest BCUT2D eigenvalue weighted by Gasteiger charge is 2.12. The summed E-state index contributed by atoms with van der Waals surface area (Å²) >= 11 is 1.82. The molecule has 0 atom stereocenters. The average Bonchev–Trinajstić information content (AvgIpc) is 2.32. The van der Waals surface area contributed by atoms with Gasteiger partial charge in [0.2, 0.25) is 0 Å². The summed E-state index contributed by atoms with van der Waals surface area (Å²) in [6, 6.07) is 0. The minimum atomic E-state index is 0.912. The van der Waals surface area contributed by atoms with Gasteiger partial charge in [-0.2, -0.15) is 0 Å². The lowest BCUT2D eigenvalue weighted by Gasteiger charge is -2.21. The zero-order valence-corrected chi connectivity index (χ0v) is 9.67. The predicted octanol–water partition coefficient (Wildman–Crippen LogP) is 1.96. The van der Waals surface area contributed by atoms with Crippen LogP contribution in [0.25, 0.3) is 0 Å². The van der Waals surface area contributed by atoms with E-state index in [2.05, 4.69) is 15.3 Å². The summed E-state index contributed by atoms with van der Waals surface area (Å²) in [6.45, 7) is 2.39. The van der Waals surface area contributed by atoms with Gasteiger partial charge in [-0.1, -0.05) is 0 Å². The first-order valence-corrected chi connectivity index (χ1v) is 6.53. The Morgan fingerprint density at radius 3 is 2.93 bits per heavy atom. The van der Waals surface area contributed by atoms with E-state index >= 15 is 0 Å². The van der Waals surface area contributed by atoms with Crippen LogP contribution in [0.15, 0.2) is 23.6 Å². The average molecular weight is 223 g/mol. The lowest BCUT2D eigenvalue weighted by atomic mass is 9.96. The van der Waals surface area contributed by atoms with Crippen LogP contribution in [0.2, 0.25) is 0 Å². The molecule has 4 heteroatoms. The summed E-state index contributed by atoms with van der Waals surface area (Å²) in [5.74, 6) is 2.08. The van der Waals surface area contributed by atoms with Crippen molar-refractivity contribution in [2.24, 2.45) is 5.92 Å². The Hall–Kier alpha value is -0.610. The molecule has 0 unspecified atom stereocenters. The molecule has 2 rings (SSSR count). The van der Waals surface area contributed by atoms with Crippen molar-refractivity contribution >= 4 is 11.8 Å². The van der Waals surface area contributed by atoms with Crippen LogP contribution in [-0.2, 0) is 0 Å². The number of nitrogens with one attached hydrogen (secondary N) is 1. The molecule has 1 aromatic rings. The van der Waals surface area contributed by atoms with Gasteiger partial charge in [0.25, 0.3) is 0 Å². The molecule has 1 N–H and O–H groups in total. The molecule has 0 bridgehead atoms. The van der Waals surface area contributed by atoms with Crippen LogP contribution in [0.3, 0.4) is 0 Å².